The fourth-order valence-electron chi connectivity index (χ4n) is 2.16. The molecule has 0 radical (unpaired) electrons. The smallest absolute Gasteiger partial charge is 0.253 e. The van der Waals surface area contributed by atoms with Gasteiger partial charge in [0.1, 0.15) is 5.75 Å². The van der Waals surface area contributed by atoms with Gasteiger partial charge in [-0.2, -0.15) is 5.10 Å². The molecule has 1 heterocycles. The van der Waals surface area contributed by atoms with Crippen LogP contribution in [0.15, 0.2) is 24.4 Å². The Morgan fingerprint density at radius 1 is 1.48 bits per heavy atom. The van der Waals surface area contributed by atoms with Crippen LogP contribution in [0.2, 0.25) is 0 Å². The average Bonchev–Trinajstić information content (AvgIpc) is 2.85. The molecule has 1 amide bonds. The number of nitrogen functional groups attached to an aromatic ring is 1. The van der Waals surface area contributed by atoms with Crippen LogP contribution >= 0.6 is 0 Å². The molecule has 0 saturated carbocycles. The number of amides is 1. The fraction of sp³-hybridized carbons (Fsp3) is 0.333. The topological polar surface area (TPSA) is 82.2 Å². The van der Waals surface area contributed by atoms with Gasteiger partial charge in [0, 0.05) is 31.0 Å². The summed E-state index contributed by atoms with van der Waals surface area (Å²) in [5.41, 5.74) is 8.67. The van der Waals surface area contributed by atoms with Crippen LogP contribution in [-0.4, -0.2) is 22.8 Å². The average molecular weight is 288 g/mol. The summed E-state index contributed by atoms with van der Waals surface area (Å²) in [5, 5.41) is 7.21. The van der Waals surface area contributed by atoms with E-state index in [4.69, 9.17) is 10.5 Å². The van der Waals surface area contributed by atoms with Crippen molar-refractivity contribution in [2.45, 2.75) is 19.9 Å². The van der Waals surface area contributed by atoms with Gasteiger partial charge in [0.15, 0.2) is 0 Å². The fourth-order valence-corrected chi connectivity index (χ4v) is 2.16. The maximum absolute atomic E-state index is 12.2. The van der Waals surface area contributed by atoms with E-state index in [1.165, 1.54) is 0 Å². The molecule has 21 heavy (non-hydrogen) atoms. The van der Waals surface area contributed by atoms with Crippen molar-refractivity contribution in [3.05, 3.63) is 41.2 Å². The van der Waals surface area contributed by atoms with E-state index in [1.54, 1.807) is 30.0 Å². The summed E-state index contributed by atoms with van der Waals surface area (Å²) < 4.78 is 6.86. The van der Waals surface area contributed by atoms with E-state index in [2.05, 4.69) is 10.4 Å². The Labute approximate surface area is 123 Å². The first-order chi connectivity index (χ1) is 10.0. The van der Waals surface area contributed by atoms with Crippen LogP contribution in [0.25, 0.3) is 0 Å². The van der Waals surface area contributed by atoms with E-state index >= 15 is 0 Å². The molecular formula is C15H20N4O2. The highest BCUT2D eigenvalue weighted by Gasteiger charge is 2.12. The Bertz CT molecular complexity index is 649. The Balaban J connectivity index is 2.11. The van der Waals surface area contributed by atoms with Crippen molar-refractivity contribution in [1.29, 1.82) is 0 Å². The molecule has 6 nitrogen and oxygen atoms in total. The standard InChI is InChI=1S/C15H20N4O2/c1-4-14-10(9-19(2)18-14)8-17-15(20)12-7-11(21-3)5-6-13(12)16/h5-7,9H,4,8,16H2,1-3H3,(H,17,20). The predicted molar refractivity (Wildman–Crippen MR) is 81.2 cm³/mol. The molecule has 0 fully saturated rings. The lowest BCUT2D eigenvalue weighted by atomic mass is 10.1. The SMILES string of the molecule is CCc1nn(C)cc1CNC(=O)c1cc(OC)ccc1N. The van der Waals surface area contributed by atoms with E-state index in [0.29, 0.717) is 23.5 Å². The van der Waals surface area contributed by atoms with Crippen molar-refractivity contribution < 1.29 is 9.53 Å². The van der Waals surface area contributed by atoms with Crippen LogP contribution in [0.1, 0.15) is 28.5 Å². The molecule has 1 aromatic heterocycles. The van der Waals surface area contributed by atoms with Crippen molar-refractivity contribution in [1.82, 2.24) is 15.1 Å². The number of carbonyl (C=O) groups is 1. The minimum absolute atomic E-state index is 0.225. The number of aryl methyl sites for hydroxylation is 2. The Kier molecular flexibility index (Phi) is 4.47. The van der Waals surface area contributed by atoms with E-state index in [0.717, 1.165) is 17.7 Å². The predicted octanol–water partition coefficient (Wildman–Crippen LogP) is 1.50. The van der Waals surface area contributed by atoms with Gasteiger partial charge >= 0.3 is 0 Å². The maximum Gasteiger partial charge on any atom is 0.253 e. The lowest BCUT2D eigenvalue weighted by Gasteiger charge is -2.09. The first-order valence-corrected chi connectivity index (χ1v) is 6.78. The number of hydrogen-bond donors (Lipinski definition) is 2. The second kappa shape index (κ2) is 6.30. The van der Waals surface area contributed by atoms with Gasteiger partial charge in [-0.25, -0.2) is 0 Å². The zero-order chi connectivity index (χ0) is 15.4. The van der Waals surface area contributed by atoms with Gasteiger partial charge in [-0.3, -0.25) is 9.48 Å². The number of ether oxygens (including phenoxy) is 1. The molecule has 0 saturated heterocycles. The van der Waals surface area contributed by atoms with Gasteiger partial charge in [0.05, 0.1) is 18.4 Å². The molecule has 3 N–H and O–H groups in total. The van der Waals surface area contributed by atoms with Crippen molar-refractivity contribution in [3.63, 3.8) is 0 Å². The summed E-state index contributed by atoms with van der Waals surface area (Å²) in [5.74, 6) is 0.377. The third kappa shape index (κ3) is 3.34. The highest BCUT2D eigenvalue weighted by molar-refractivity contribution is 5.99. The summed E-state index contributed by atoms with van der Waals surface area (Å²) in [4.78, 5) is 12.2. The third-order valence-electron chi connectivity index (χ3n) is 3.27. The number of rotatable bonds is 5. The van der Waals surface area contributed by atoms with Crippen LogP contribution < -0.4 is 15.8 Å². The van der Waals surface area contributed by atoms with E-state index in [9.17, 15) is 4.79 Å². The number of benzene rings is 1. The van der Waals surface area contributed by atoms with Gasteiger partial charge in [0.2, 0.25) is 0 Å². The molecule has 0 aliphatic heterocycles. The second-order valence-electron chi connectivity index (χ2n) is 4.76. The van der Waals surface area contributed by atoms with E-state index in [-0.39, 0.29) is 5.91 Å². The van der Waals surface area contributed by atoms with Gasteiger partial charge in [-0.15, -0.1) is 0 Å². The van der Waals surface area contributed by atoms with Crippen molar-refractivity contribution in [2.75, 3.05) is 12.8 Å². The number of carbonyl (C=O) groups excluding carboxylic acids is 1. The normalized spacial score (nSPS) is 10.4. The minimum Gasteiger partial charge on any atom is -0.497 e. The molecule has 0 aliphatic carbocycles. The first kappa shape index (κ1) is 14.9. The van der Waals surface area contributed by atoms with Gasteiger partial charge in [0.25, 0.3) is 5.91 Å². The van der Waals surface area contributed by atoms with Gasteiger partial charge in [-0.1, -0.05) is 6.92 Å². The minimum atomic E-state index is -0.225. The van der Waals surface area contributed by atoms with Crippen LogP contribution in [0.4, 0.5) is 5.69 Å². The lowest BCUT2D eigenvalue weighted by molar-refractivity contribution is 0.0951. The Morgan fingerprint density at radius 3 is 2.90 bits per heavy atom. The quantitative estimate of drug-likeness (QED) is 0.817. The molecule has 0 unspecified atom stereocenters. The number of nitrogens with two attached hydrogens (primary N) is 1. The summed E-state index contributed by atoms with van der Waals surface area (Å²) in [6, 6.07) is 5.02. The van der Waals surface area contributed by atoms with Crippen molar-refractivity contribution in [3.8, 4) is 5.75 Å². The summed E-state index contributed by atoms with van der Waals surface area (Å²) in [6.07, 6.45) is 2.74. The van der Waals surface area contributed by atoms with Gasteiger partial charge in [-0.05, 0) is 24.6 Å². The molecule has 2 aromatic rings. The number of nitrogens with zero attached hydrogens (tertiary/aromatic N) is 2. The van der Waals surface area contributed by atoms with Gasteiger partial charge < -0.3 is 15.8 Å². The van der Waals surface area contributed by atoms with E-state index in [1.807, 2.05) is 20.2 Å². The molecule has 0 atom stereocenters. The van der Waals surface area contributed by atoms with Crippen molar-refractivity contribution in [2.24, 2.45) is 7.05 Å². The summed E-state index contributed by atoms with van der Waals surface area (Å²) in [7, 11) is 3.42. The molecule has 0 bridgehead atoms. The van der Waals surface area contributed by atoms with Crippen LogP contribution in [0.5, 0.6) is 5.75 Å². The number of aromatic nitrogens is 2. The molecule has 1 aromatic carbocycles. The summed E-state index contributed by atoms with van der Waals surface area (Å²) >= 11 is 0. The molecule has 0 spiro atoms. The highest BCUT2D eigenvalue weighted by atomic mass is 16.5. The number of methoxy groups -OCH3 is 1. The zero-order valence-electron chi connectivity index (χ0n) is 12.5. The number of anilines is 1. The summed E-state index contributed by atoms with van der Waals surface area (Å²) in [6.45, 7) is 2.46. The van der Waals surface area contributed by atoms with Crippen LogP contribution in [-0.2, 0) is 20.0 Å². The van der Waals surface area contributed by atoms with E-state index < -0.39 is 0 Å². The molecule has 0 aliphatic rings. The lowest BCUT2D eigenvalue weighted by Crippen LogP contribution is -2.24. The molecule has 2 rings (SSSR count). The Hall–Kier alpha value is -2.50. The van der Waals surface area contributed by atoms with Crippen molar-refractivity contribution >= 4 is 11.6 Å². The van der Waals surface area contributed by atoms with Crippen LogP contribution in [0.3, 0.4) is 0 Å². The molecule has 6 heteroatoms. The molecular weight excluding hydrogens is 268 g/mol. The second-order valence-corrected chi connectivity index (χ2v) is 4.76. The highest BCUT2D eigenvalue weighted by Crippen LogP contribution is 2.19. The van der Waals surface area contributed by atoms with Crippen LogP contribution in [0, 0.1) is 0 Å². The Morgan fingerprint density at radius 2 is 2.24 bits per heavy atom. The maximum atomic E-state index is 12.2. The molecule has 112 valence electrons. The first-order valence-electron chi connectivity index (χ1n) is 6.78. The monoisotopic (exact) mass is 288 g/mol. The third-order valence-corrected chi connectivity index (χ3v) is 3.27. The largest absolute Gasteiger partial charge is 0.497 e. The number of nitrogens with one attached hydrogen (secondary N) is 1. The number of hydrogen-bond acceptors (Lipinski definition) is 4. The zero-order valence-corrected chi connectivity index (χ0v) is 12.5.